The van der Waals surface area contributed by atoms with Crippen molar-refractivity contribution < 1.29 is 12.9 Å². The summed E-state index contributed by atoms with van der Waals surface area (Å²) in [4.78, 5) is 0.0735. The molecule has 0 N–H and O–H groups in total. The highest BCUT2D eigenvalue weighted by atomic mass is 32.2. The van der Waals surface area contributed by atoms with Crippen molar-refractivity contribution in [2.24, 2.45) is 0 Å². The van der Waals surface area contributed by atoms with E-state index in [4.69, 9.17) is 9.78 Å². The molecule has 0 radical (unpaired) electrons. The molecule has 1 heterocycles. The Hall–Kier alpha value is -2.33. The van der Waals surface area contributed by atoms with Crippen molar-refractivity contribution >= 4 is 15.7 Å². The quantitative estimate of drug-likeness (QED) is 0.863. The minimum Gasteiger partial charge on any atom is -0.360 e. The van der Waals surface area contributed by atoms with Gasteiger partial charge in [-0.2, -0.15) is 5.26 Å². The number of aryl methyl sites for hydroxylation is 2. The van der Waals surface area contributed by atoms with Gasteiger partial charge in [-0.3, -0.25) is 4.31 Å². The molecule has 20 heavy (non-hydrogen) atoms. The highest BCUT2D eigenvalue weighted by Crippen LogP contribution is 2.26. The van der Waals surface area contributed by atoms with Crippen LogP contribution in [0.2, 0.25) is 0 Å². The maximum Gasteiger partial charge on any atom is 0.269 e. The van der Waals surface area contributed by atoms with Crippen molar-refractivity contribution in [1.82, 2.24) is 5.16 Å². The number of benzene rings is 1. The normalized spacial score (nSPS) is 11.1. The summed E-state index contributed by atoms with van der Waals surface area (Å²) in [6.45, 7) is 3.13. The molecule has 104 valence electrons. The van der Waals surface area contributed by atoms with E-state index in [9.17, 15) is 8.42 Å². The Kier molecular flexibility index (Phi) is 3.51. The van der Waals surface area contributed by atoms with E-state index >= 15 is 0 Å². The predicted octanol–water partition coefficient (Wildman–Crippen LogP) is 1.99. The fourth-order valence-corrected chi connectivity index (χ4v) is 3.35. The lowest BCUT2D eigenvalue weighted by Crippen LogP contribution is -2.27. The summed E-state index contributed by atoms with van der Waals surface area (Å²) in [6.07, 6.45) is 0. The molecule has 0 amide bonds. The molecule has 0 aliphatic heterocycles. The zero-order valence-corrected chi connectivity index (χ0v) is 12.1. The number of anilines is 1. The van der Waals surface area contributed by atoms with Crippen LogP contribution >= 0.6 is 0 Å². The monoisotopic (exact) mass is 291 g/mol. The molecule has 0 aliphatic carbocycles. The highest BCUT2D eigenvalue weighted by Gasteiger charge is 2.28. The second-order valence-electron chi connectivity index (χ2n) is 4.28. The second kappa shape index (κ2) is 4.98. The fourth-order valence-electron chi connectivity index (χ4n) is 1.86. The van der Waals surface area contributed by atoms with Crippen LogP contribution in [0.3, 0.4) is 0 Å². The van der Waals surface area contributed by atoms with Gasteiger partial charge in [-0.25, -0.2) is 8.42 Å². The van der Waals surface area contributed by atoms with Gasteiger partial charge in [0.15, 0.2) is 10.7 Å². The first-order valence-electron chi connectivity index (χ1n) is 5.80. The van der Waals surface area contributed by atoms with Crippen molar-refractivity contribution in [3.63, 3.8) is 0 Å². The minimum atomic E-state index is -3.74. The van der Waals surface area contributed by atoms with E-state index in [0.29, 0.717) is 16.9 Å². The Morgan fingerprint density at radius 3 is 2.30 bits per heavy atom. The lowest BCUT2D eigenvalue weighted by molar-refractivity contribution is 0.390. The Bertz CT molecular complexity index is 751. The summed E-state index contributed by atoms with van der Waals surface area (Å²) in [6, 6.07) is 8.27. The van der Waals surface area contributed by atoms with Gasteiger partial charge in [-0.05, 0) is 38.1 Å². The molecule has 2 aromatic rings. The summed E-state index contributed by atoms with van der Waals surface area (Å²) in [5.41, 5.74) is 1.25. The van der Waals surface area contributed by atoms with E-state index in [0.717, 1.165) is 4.31 Å². The summed E-state index contributed by atoms with van der Waals surface area (Å²) < 4.78 is 31.1. The molecule has 0 bridgehead atoms. The number of sulfonamides is 1. The van der Waals surface area contributed by atoms with Gasteiger partial charge in [0.2, 0.25) is 0 Å². The molecule has 7 heteroatoms. The van der Waals surface area contributed by atoms with Gasteiger partial charge in [0.1, 0.15) is 5.69 Å². The molecule has 0 fully saturated rings. The van der Waals surface area contributed by atoms with E-state index in [2.05, 4.69) is 5.16 Å². The van der Waals surface area contributed by atoms with E-state index in [-0.39, 0.29) is 10.7 Å². The maximum absolute atomic E-state index is 12.6. The maximum atomic E-state index is 12.6. The van der Waals surface area contributed by atoms with Gasteiger partial charge < -0.3 is 4.52 Å². The van der Waals surface area contributed by atoms with E-state index in [1.807, 2.05) is 6.07 Å². The first-order valence-corrected chi connectivity index (χ1v) is 7.24. The number of nitriles is 1. The van der Waals surface area contributed by atoms with Crippen LogP contribution in [-0.4, -0.2) is 20.6 Å². The zero-order valence-electron chi connectivity index (χ0n) is 11.3. The standard InChI is InChI=1S/C13H13N3O3S/c1-9-13(10(2)19-15-9)20(17,18)16(3)12-6-4-11(8-14)5-7-12/h4-7H,1-3H3. The van der Waals surface area contributed by atoms with Crippen LogP contribution in [0, 0.1) is 25.2 Å². The van der Waals surface area contributed by atoms with Gasteiger partial charge in [0.05, 0.1) is 17.3 Å². The Labute approximate surface area is 117 Å². The lowest BCUT2D eigenvalue weighted by Gasteiger charge is -2.19. The third-order valence-corrected chi connectivity index (χ3v) is 4.98. The van der Waals surface area contributed by atoms with Gasteiger partial charge in [-0.1, -0.05) is 5.16 Å². The van der Waals surface area contributed by atoms with Crippen LogP contribution in [0.1, 0.15) is 17.0 Å². The largest absolute Gasteiger partial charge is 0.360 e. The van der Waals surface area contributed by atoms with Crippen LogP contribution < -0.4 is 4.31 Å². The zero-order chi connectivity index (χ0) is 14.9. The molecule has 0 spiro atoms. The molecule has 0 saturated carbocycles. The molecule has 6 nitrogen and oxygen atoms in total. The second-order valence-corrected chi connectivity index (χ2v) is 6.19. The average molecular weight is 291 g/mol. The Morgan fingerprint density at radius 1 is 1.25 bits per heavy atom. The molecule has 0 aliphatic rings. The van der Waals surface area contributed by atoms with Crippen molar-refractivity contribution in [2.45, 2.75) is 18.7 Å². The predicted molar refractivity (Wildman–Crippen MR) is 72.7 cm³/mol. The third kappa shape index (κ3) is 2.26. The topological polar surface area (TPSA) is 87.2 Å². The van der Waals surface area contributed by atoms with Crippen LogP contribution in [0.25, 0.3) is 0 Å². The van der Waals surface area contributed by atoms with Gasteiger partial charge in [0.25, 0.3) is 10.0 Å². The van der Waals surface area contributed by atoms with Gasteiger partial charge in [0, 0.05) is 7.05 Å². The highest BCUT2D eigenvalue weighted by molar-refractivity contribution is 7.92. The molecular weight excluding hydrogens is 278 g/mol. The summed E-state index contributed by atoms with van der Waals surface area (Å²) >= 11 is 0. The summed E-state index contributed by atoms with van der Waals surface area (Å²) in [5.74, 6) is 0.253. The van der Waals surface area contributed by atoms with Crippen molar-refractivity contribution in [1.29, 1.82) is 5.26 Å². The molecule has 1 aromatic heterocycles. The van der Waals surface area contributed by atoms with Crippen LogP contribution in [0.4, 0.5) is 5.69 Å². The fraction of sp³-hybridized carbons (Fsp3) is 0.231. The van der Waals surface area contributed by atoms with Crippen molar-refractivity contribution in [3.05, 3.63) is 41.3 Å². The van der Waals surface area contributed by atoms with Gasteiger partial charge >= 0.3 is 0 Å². The molecule has 2 rings (SSSR count). The number of nitrogens with zero attached hydrogens (tertiary/aromatic N) is 3. The minimum absolute atomic E-state index is 0.0735. The Balaban J connectivity index is 2.46. The van der Waals surface area contributed by atoms with Gasteiger partial charge in [-0.15, -0.1) is 0 Å². The number of hydrogen-bond acceptors (Lipinski definition) is 5. The van der Waals surface area contributed by atoms with E-state index < -0.39 is 10.0 Å². The Morgan fingerprint density at radius 2 is 1.85 bits per heavy atom. The molecular formula is C13H13N3O3S. The van der Waals surface area contributed by atoms with Crippen molar-refractivity contribution in [2.75, 3.05) is 11.4 Å². The number of aromatic nitrogens is 1. The molecule has 0 atom stereocenters. The first kappa shape index (κ1) is 14.1. The smallest absolute Gasteiger partial charge is 0.269 e. The third-order valence-electron chi connectivity index (χ3n) is 2.95. The molecule has 0 unspecified atom stereocenters. The van der Waals surface area contributed by atoms with E-state index in [1.165, 1.54) is 7.05 Å². The molecule has 1 aromatic carbocycles. The number of hydrogen-bond donors (Lipinski definition) is 0. The SMILES string of the molecule is Cc1noc(C)c1S(=O)(=O)N(C)c1ccc(C#N)cc1. The van der Waals surface area contributed by atoms with Crippen molar-refractivity contribution in [3.8, 4) is 6.07 Å². The lowest BCUT2D eigenvalue weighted by atomic mass is 10.2. The summed E-state index contributed by atoms with van der Waals surface area (Å²) in [7, 11) is -2.29. The van der Waals surface area contributed by atoms with Crippen LogP contribution in [-0.2, 0) is 10.0 Å². The average Bonchev–Trinajstić information content (AvgIpc) is 2.78. The first-order chi connectivity index (χ1) is 9.37. The van der Waals surface area contributed by atoms with Crippen LogP contribution in [0.5, 0.6) is 0 Å². The number of rotatable bonds is 3. The summed E-state index contributed by atoms with van der Waals surface area (Å²) in [5, 5.41) is 12.4. The van der Waals surface area contributed by atoms with E-state index in [1.54, 1.807) is 38.1 Å². The molecule has 0 saturated heterocycles. The van der Waals surface area contributed by atoms with Crippen LogP contribution in [0.15, 0.2) is 33.7 Å².